The van der Waals surface area contributed by atoms with Crippen LogP contribution in [0.15, 0.2) is 48.5 Å². The van der Waals surface area contributed by atoms with Crippen LogP contribution in [0.25, 0.3) is 0 Å². The number of anilines is 2. The van der Waals surface area contributed by atoms with Crippen molar-refractivity contribution in [3.63, 3.8) is 0 Å². The number of nitrogens with one attached hydrogen (secondary N) is 5. The molecule has 4 unspecified atom stereocenters. The number of benzene rings is 2. The molecule has 35 heavy (non-hydrogen) atoms. The topological polar surface area (TPSA) is 128 Å². The van der Waals surface area contributed by atoms with Crippen molar-refractivity contribution < 1.29 is 32.3 Å². The lowest BCUT2D eigenvalue weighted by Gasteiger charge is -2.43. The minimum absolute atomic E-state index is 0.0986. The molecule has 9 nitrogen and oxygen atoms in total. The summed E-state index contributed by atoms with van der Waals surface area (Å²) in [6.45, 7) is 1.41. The lowest BCUT2D eigenvalue weighted by molar-refractivity contribution is -0.144. The number of rotatable bonds is 5. The van der Waals surface area contributed by atoms with Crippen molar-refractivity contribution in [1.29, 1.82) is 0 Å². The van der Waals surface area contributed by atoms with Crippen LogP contribution in [-0.4, -0.2) is 36.0 Å². The van der Waals surface area contributed by atoms with Gasteiger partial charge in [0.25, 0.3) is 0 Å². The number of fused-ring (bicyclic) bond motifs is 1. The van der Waals surface area contributed by atoms with Gasteiger partial charge in [0.15, 0.2) is 12.1 Å². The minimum Gasteiger partial charge on any atom is -0.353 e. The van der Waals surface area contributed by atoms with Gasteiger partial charge < -0.3 is 21.3 Å². The zero-order valence-electron chi connectivity index (χ0n) is 18.4. The number of ketones is 1. The highest BCUT2D eigenvalue weighted by atomic mass is 19.4. The van der Waals surface area contributed by atoms with Crippen molar-refractivity contribution in [2.45, 2.75) is 32.0 Å². The van der Waals surface area contributed by atoms with E-state index in [0.29, 0.717) is 11.3 Å². The first kappa shape index (κ1) is 24.2. The highest BCUT2D eigenvalue weighted by Crippen LogP contribution is 2.31. The zero-order valence-corrected chi connectivity index (χ0v) is 18.4. The van der Waals surface area contributed by atoms with Crippen LogP contribution in [0.3, 0.4) is 0 Å². The molecule has 2 aromatic rings. The van der Waals surface area contributed by atoms with E-state index >= 15 is 0 Å². The Morgan fingerprint density at radius 2 is 1.71 bits per heavy atom. The van der Waals surface area contributed by atoms with Gasteiger partial charge in [-0.3, -0.25) is 24.5 Å². The van der Waals surface area contributed by atoms with Crippen molar-refractivity contribution in [1.82, 2.24) is 16.0 Å². The molecule has 0 bridgehead atoms. The van der Waals surface area contributed by atoms with Gasteiger partial charge in [-0.05, 0) is 49.4 Å². The molecule has 5 N–H and O–H groups in total. The molecule has 2 saturated heterocycles. The van der Waals surface area contributed by atoms with E-state index in [-0.39, 0.29) is 17.9 Å². The van der Waals surface area contributed by atoms with E-state index in [1.165, 1.54) is 19.1 Å². The molecular formula is C23H22F3N5O4. The summed E-state index contributed by atoms with van der Waals surface area (Å²) in [6.07, 6.45) is -6.67. The quantitative estimate of drug-likeness (QED) is 0.409. The molecule has 0 aliphatic carbocycles. The summed E-state index contributed by atoms with van der Waals surface area (Å²) in [7, 11) is 0. The maximum absolute atomic E-state index is 13.0. The van der Waals surface area contributed by atoms with Crippen LogP contribution in [-0.2, 0) is 20.6 Å². The fourth-order valence-electron chi connectivity index (χ4n) is 4.13. The Morgan fingerprint density at radius 3 is 2.37 bits per heavy atom. The summed E-state index contributed by atoms with van der Waals surface area (Å²) >= 11 is 0. The molecule has 0 saturated carbocycles. The lowest BCUT2D eigenvalue weighted by atomic mass is 9.81. The summed E-state index contributed by atoms with van der Waals surface area (Å²) in [5, 5.41) is 13.5. The number of hydrogen-bond acceptors (Lipinski definition) is 6. The lowest BCUT2D eigenvalue weighted by Crippen LogP contribution is -2.72. The van der Waals surface area contributed by atoms with Crippen LogP contribution in [0, 0.1) is 11.8 Å². The van der Waals surface area contributed by atoms with Gasteiger partial charge in [0, 0.05) is 23.4 Å². The number of carbonyl (C=O) groups is 4. The highest BCUT2D eigenvalue weighted by molar-refractivity contribution is 6.00. The second-order valence-electron chi connectivity index (χ2n) is 8.34. The first-order valence-corrected chi connectivity index (χ1v) is 10.7. The average molecular weight is 489 g/mol. The second kappa shape index (κ2) is 9.37. The van der Waals surface area contributed by atoms with Gasteiger partial charge in [0.1, 0.15) is 0 Å². The van der Waals surface area contributed by atoms with E-state index < -0.39 is 53.8 Å². The molecule has 2 heterocycles. The molecule has 2 fully saturated rings. The predicted molar refractivity (Wildman–Crippen MR) is 119 cm³/mol. The first-order valence-electron chi connectivity index (χ1n) is 10.7. The Hall–Kier alpha value is -3.93. The van der Waals surface area contributed by atoms with E-state index in [1.807, 2.05) is 0 Å². The molecule has 4 atom stereocenters. The predicted octanol–water partition coefficient (Wildman–Crippen LogP) is 2.04. The van der Waals surface area contributed by atoms with Crippen LogP contribution in [0.1, 0.15) is 29.3 Å². The summed E-state index contributed by atoms with van der Waals surface area (Å²) in [6, 6.07) is 10.6. The number of hydrogen-bond donors (Lipinski definition) is 5. The molecule has 0 radical (unpaired) electrons. The van der Waals surface area contributed by atoms with Gasteiger partial charge in [-0.25, -0.2) is 0 Å². The largest absolute Gasteiger partial charge is 0.416 e. The number of halogens is 3. The standard InChI is InChI=1S/C23H22F3N5O4/c1-11(32)12-5-7-14(8-6-12)27-20(34)16-10-17(33)29-19-18(16)21(35)31-22(30-19)28-15-4-2-3-13(9-15)23(24,25)26/h2-9,16,18-19,22,28,30H,10H2,1H3,(H,27,34)(H,29,33)(H,31,35). The molecule has 2 aromatic carbocycles. The van der Waals surface area contributed by atoms with Crippen molar-refractivity contribution in [2.75, 3.05) is 10.6 Å². The maximum atomic E-state index is 13.0. The minimum atomic E-state index is -4.53. The van der Waals surface area contributed by atoms with Crippen molar-refractivity contribution in [2.24, 2.45) is 11.8 Å². The van der Waals surface area contributed by atoms with Gasteiger partial charge in [-0.1, -0.05) is 6.07 Å². The molecular weight excluding hydrogens is 467 g/mol. The number of amides is 3. The molecule has 3 amide bonds. The SMILES string of the molecule is CC(=O)c1ccc(NC(=O)C2CC(=O)NC3NC(Nc4cccc(C(F)(F)F)c4)NC(=O)C32)cc1. The Balaban J connectivity index is 1.46. The molecule has 4 rings (SSSR count). The molecule has 184 valence electrons. The molecule has 12 heteroatoms. The molecule has 0 spiro atoms. The molecule has 2 aliphatic rings. The summed E-state index contributed by atoms with van der Waals surface area (Å²) in [5.74, 6) is -3.64. The van der Waals surface area contributed by atoms with E-state index in [9.17, 15) is 32.3 Å². The normalized spacial score (nSPS) is 24.0. The van der Waals surface area contributed by atoms with E-state index in [4.69, 9.17) is 0 Å². The zero-order chi connectivity index (χ0) is 25.3. The van der Waals surface area contributed by atoms with Gasteiger partial charge in [0.2, 0.25) is 17.7 Å². The third-order valence-corrected chi connectivity index (χ3v) is 5.85. The van der Waals surface area contributed by atoms with Gasteiger partial charge in [-0.2, -0.15) is 13.2 Å². The van der Waals surface area contributed by atoms with Crippen LogP contribution in [0.2, 0.25) is 0 Å². The first-order chi connectivity index (χ1) is 16.5. The van der Waals surface area contributed by atoms with Crippen molar-refractivity contribution >= 4 is 34.9 Å². The van der Waals surface area contributed by atoms with Crippen molar-refractivity contribution in [3.8, 4) is 0 Å². The number of Topliss-reactive ketones (excluding diaryl/α,β-unsaturated/α-hetero) is 1. The van der Waals surface area contributed by atoms with E-state index in [1.54, 1.807) is 24.3 Å². The van der Waals surface area contributed by atoms with Crippen molar-refractivity contribution in [3.05, 3.63) is 59.7 Å². The maximum Gasteiger partial charge on any atom is 0.416 e. The molecule has 0 aromatic heterocycles. The second-order valence-corrected chi connectivity index (χ2v) is 8.34. The fourth-order valence-corrected chi connectivity index (χ4v) is 4.13. The Bertz CT molecular complexity index is 1170. The van der Waals surface area contributed by atoms with Crippen LogP contribution >= 0.6 is 0 Å². The van der Waals surface area contributed by atoms with Gasteiger partial charge in [0.05, 0.1) is 23.6 Å². The number of carbonyl (C=O) groups excluding carboxylic acids is 4. The fraction of sp³-hybridized carbons (Fsp3) is 0.304. The average Bonchev–Trinajstić information content (AvgIpc) is 2.78. The van der Waals surface area contributed by atoms with Gasteiger partial charge in [-0.15, -0.1) is 0 Å². The summed E-state index contributed by atoms with van der Waals surface area (Å²) in [5.41, 5.74) is 0.106. The number of piperidine rings is 1. The number of alkyl halides is 3. The molecule has 2 aliphatic heterocycles. The van der Waals surface area contributed by atoms with Crippen LogP contribution in [0.5, 0.6) is 0 Å². The Morgan fingerprint density at radius 1 is 1.00 bits per heavy atom. The van der Waals surface area contributed by atoms with Crippen LogP contribution in [0.4, 0.5) is 24.5 Å². The summed E-state index contributed by atoms with van der Waals surface area (Å²) in [4.78, 5) is 49.6. The summed E-state index contributed by atoms with van der Waals surface area (Å²) < 4.78 is 39.0. The monoisotopic (exact) mass is 489 g/mol. The Kier molecular flexibility index (Phi) is 6.48. The van der Waals surface area contributed by atoms with E-state index in [2.05, 4.69) is 26.6 Å². The van der Waals surface area contributed by atoms with E-state index in [0.717, 1.165) is 12.1 Å². The smallest absolute Gasteiger partial charge is 0.353 e. The van der Waals surface area contributed by atoms with Crippen LogP contribution < -0.4 is 26.6 Å². The van der Waals surface area contributed by atoms with Gasteiger partial charge >= 0.3 is 6.18 Å². The third kappa shape index (κ3) is 5.43. The third-order valence-electron chi connectivity index (χ3n) is 5.85. The highest BCUT2D eigenvalue weighted by Gasteiger charge is 2.48. The Labute approximate surface area is 197 Å².